The van der Waals surface area contributed by atoms with Crippen molar-refractivity contribution in [3.05, 3.63) is 0 Å². The van der Waals surface area contributed by atoms with Gasteiger partial charge in [0.05, 0.1) is 26.4 Å². The molecule has 0 aromatic heterocycles. The summed E-state index contributed by atoms with van der Waals surface area (Å²) >= 11 is 8.25. The summed E-state index contributed by atoms with van der Waals surface area (Å²) in [6.45, 7) is 7.49. The normalized spacial score (nSPS) is 9.67. The van der Waals surface area contributed by atoms with Gasteiger partial charge in [0.15, 0.2) is 0 Å². The van der Waals surface area contributed by atoms with Crippen LogP contribution in [0.15, 0.2) is 0 Å². The van der Waals surface area contributed by atoms with Crippen molar-refractivity contribution in [1.29, 1.82) is 0 Å². The molecule has 0 aromatic carbocycles. The molecule has 0 bridgehead atoms. The van der Waals surface area contributed by atoms with Crippen molar-refractivity contribution < 1.29 is 38.1 Å². The van der Waals surface area contributed by atoms with Crippen molar-refractivity contribution >= 4 is 51.4 Å². The minimum atomic E-state index is -1.34. The van der Waals surface area contributed by atoms with E-state index in [1.807, 2.05) is 0 Å². The van der Waals surface area contributed by atoms with E-state index in [-0.39, 0.29) is 26.4 Å². The van der Waals surface area contributed by atoms with Gasteiger partial charge in [-0.15, -0.1) is 0 Å². The van der Waals surface area contributed by atoms with Crippen LogP contribution >= 0.6 is 27.5 Å². The van der Waals surface area contributed by atoms with E-state index in [9.17, 15) is 19.2 Å². The van der Waals surface area contributed by atoms with E-state index in [1.54, 1.807) is 27.7 Å². The summed E-state index contributed by atoms with van der Waals surface area (Å²) < 4.78 is 18.2. The molecular formula is C14H22BrClO8. The largest absolute Gasteiger partial charge is 0.465 e. The van der Waals surface area contributed by atoms with Gasteiger partial charge in [-0.3, -0.25) is 9.59 Å². The third-order valence-corrected chi connectivity index (χ3v) is 3.08. The number of carbonyl (C=O) groups excluding carboxylic acids is 4. The molecule has 0 aliphatic rings. The molecule has 10 heteroatoms. The van der Waals surface area contributed by atoms with Crippen LogP contribution in [0, 0.1) is 0 Å². The fourth-order valence-corrected chi connectivity index (χ4v) is 1.44. The first-order chi connectivity index (χ1) is 11.3. The van der Waals surface area contributed by atoms with Crippen LogP contribution in [0.3, 0.4) is 0 Å². The summed E-state index contributed by atoms with van der Waals surface area (Å²) in [6.07, 6.45) is 0. The Labute approximate surface area is 154 Å². The zero-order valence-corrected chi connectivity index (χ0v) is 16.3. The molecule has 0 heterocycles. The summed E-state index contributed by atoms with van der Waals surface area (Å²) in [4.78, 5) is 42.4. The van der Waals surface area contributed by atoms with Crippen LogP contribution in [0.4, 0.5) is 0 Å². The van der Waals surface area contributed by atoms with Crippen molar-refractivity contribution in [3.8, 4) is 0 Å². The number of esters is 4. The first-order valence-corrected chi connectivity index (χ1v) is 8.56. The Morgan fingerprint density at radius 3 is 1.21 bits per heavy atom. The summed E-state index contributed by atoms with van der Waals surface area (Å²) in [5.41, 5.74) is 0. The van der Waals surface area contributed by atoms with Crippen LogP contribution in [0.25, 0.3) is 0 Å². The lowest BCUT2D eigenvalue weighted by Crippen LogP contribution is -2.28. The van der Waals surface area contributed by atoms with Gasteiger partial charge in [-0.25, -0.2) is 9.59 Å². The number of hydrogen-bond donors (Lipinski definition) is 0. The van der Waals surface area contributed by atoms with E-state index in [4.69, 9.17) is 11.6 Å². The standard InChI is InChI=1S/C7H11BrO4.C7H11ClO4/c2*1-3-11-6(9)5(8)7(10)12-4-2/h2*5H,3-4H2,1-2H3. The second-order valence-electron chi connectivity index (χ2n) is 3.73. The van der Waals surface area contributed by atoms with Crippen molar-refractivity contribution in [2.24, 2.45) is 0 Å². The molecule has 0 N–H and O–H groups in total. The quantitative estimate of drug-likeness (QED) is 0.246. The molecule has 0 aromatic rings. The maximum absolute atomic E-state index is 10.9. The summed E-state index contributed by atoms with van der Waals surface area (Å²) in [5.74, 6) is -2.76. The molecule has 140 valence electrons. The number of hydrogen-bond acceptors (Lipinski definition) is 8. The van der Waals surface area contributed by atoms with Gasteiger partial charge in [0, 0.05) is 0 Å². The zero-order chi connectivity index (χ0) is 19.1. The molecule has 0 saturated carbocycles. The fraction of sp³-hybridized carbons (Fsp3) is 0.714. The van der Waals surface area contributed by atoms with E-state index in [1.165, 1.54) is 0 Å². The monoisotopic (exact) mass is 432 g/mol. The molecule has 0 fully saturated rings. The van der Waals surface area contributed by atoms with Gasteiger partial charge in [0.1, 0.15) is 0 Å². The lowest BCUT2D eigenvalue weighted by Gasteiger charge is -2.07. The van der Waals surface area contributed by atoms with Crippen LogP contribution in [-0.4, -0.2) is 60.5 Å². The SMILES string of the molecule is CCOC(=O)C(Br)C(=O)OCC.CCOC(=O)C(Cl)C(=O)OCC. The number of rotatable bonds is 8. The third-order valence-electron chi connectivity index (χ3n) is 1.97. The van der Waals surface area contributed by atoms with E-state index >= 15 is 0 Å². The van der Waals surface area contributed by atoms with Gasteiger partial charge in [-0.05, 0) is 27.7 Å². The van der Waals surface area contributed by atoms with Gasteiger partial charge in [0.25, 0.3) is 0 Å². The average molecular weight is 434 g/mol. The molecule has 0 aliphatic heterocycles. The summed E-state index contributed by atoms with van der Waals surface area (Å²) in [7, 11) is 0. The Balaban J connectivity index is 0. The Bertz CT molecular complexity index is 342. The van der Waals surface area contributed by atoms with Crippen molar-refractivity contribution in [1.82, 2.24) is 0 Å². The highest BCUT2D eigenvalue weighted by atomic mass is 79.9. The molecule has 8 nitrogen and oxygen atoms in total. The van der Waals surface area contributed by atoms with Crippen molar-refractivity contribution in [2.75, 3.05) is 26.4 Å². The molecule has 0 radical (unpaired) electrons. The Hall–Kier alpha value is -1.35. The van der Waals surface area contributed by atoms with Crippen LogP contribution in [0.1, 0.15) is 27.7 Å². The predicted octanol–water partition coefficient (Wildman–Crippen LogP) is 1.60. The first-order valence-electron chi connectivity index (χ1n) is 7.21. The maximum Gasteiger partial charge on any atom is 0.335 e. The van der Waals surface area contributed by atoms with Gasteiger partial charge in [0.2, 0.25) is 10.2 Å². The lowest BCUT2D eigenvalue weighted by atomic mass is 10.4. The van der Waals surface area contributed by atoms with Gasteiger partial charge >= 0.3 is 23.9 Å². The maximum atomic E-state index is 10.9. The highest BCUT2D eigenvalue weighted by Gasteiger charge is 2.26. The van der Waals surface area contributed by atoms with E-state index in [2.05, 4.69) is 34.9 Å². The molecule has 0 amide bonds. The molecule has 0 spiro atoms. The summed E-state index contributed by atoms with van der Waals surface area (Å²) in [6, 6.07) is 0. The highest BCUT2D eigenvalue weighted by Crippen LogP contribution is 2.04. The van der Waals surface area contributed by atoms with Gasteiger partial charge in [-0.1, -0.05) is 27.5 Å². The van der Waals surface area contributed by atoms with E-state index in [0.29, 0.717) is 0 Å². The number of ether oxygens (including phenoxy) is 4. The minimum absolute atomic E-state index is 0.196. The molecular weight excluding hydrogens is 412 g/mol. The molecule has 0 saturated heterocycles. The van der Waals surface area contributed by atoms with Crippen molar-refractivity contribution in [2.45, 2.75) is 37.9 Å². The second kappa shape index (κ2) is 15.2. The predicted molar refractivity (Wildman–Crippen MR) is 88.9 cm³/mol. The topological polar surface area (TPSA) is 105 Å². The molecule has 0 aliphatic carbocycles. The van der Waals surface area contributed by atoms with Crippen molar-refractivity contribution in [3.63, 3.8) is 0 Å². The van der Waals surface area contributed by atoms with Gasteiger partial charge in [-0.2, -0.15) is 0 Å². The fourth-order valence-electron chi connectivity index (χ4n) is 1.05. The molecule has 0 rings (SSSR count). The minimum Gasteiger partial charge on any atom is -0.465 e. The first kappa shape index (κ1) is 24.9. The van der Waals surface area contributed by atoms with Gasteiger partial charge < -0.3 is 18.9 Å². The average Bonchev–Trinajstić information content (AvgIpc) is 2.54. The Morgan fingerprint density at radius 1 is 0.708 bits per heavy atom. The zero-order valence-electron chi connectivity index (χ0n) is 14.0. The number of carbonyl (C=O) groups is 4. The third kappa shape index (κ3) is 11.2. The van der Waals surface area contributed by atoms with E-state index in [0.717, 1.165) is 0 Å². The van der Waals surface area contributed by atoms with Crippen LogP contribution in [0.5, 0.6) is 0 Å². The highest BCUT2D eigenvalue weighted by molar-refractivity contribution is 9.10. The van der Waals surface area contributed by atoms with Crippen LogP contribution < -0.4 is 0 Å². The molecule has 0 unspecified atom stereocenters. The molecule has 24 heavy (non-hydrogen) atoms. The van der Waals surface area contributed by atoms with Crippen LogP contribution in [-0.2, 0) is 38.1 Å². The summed E-state index contributed by atoms with van der Waals surface area (Å²) in [5, 5.41) is -1.34. The number of halogens is 2. The van der Waals surface area contributed by atoms with Crippen LogP contribution in [0.2, 0.25) is 0 Å². The number of alkyl halides is 2. The van der Waals surface area contributed by atoms with E-state index < -0.39 is 34.1 Å². The smallest absolute Gasteiger partial charge is 0.335 e. The second-order valence-corrected chi connectivity index (χ2v) is 5.09. The lowest BCUT2D eigenvalue weighted by molar-refractivity contribution is -0.154. The molecule has 0 atom stereocenters. The Morgan fingerprint density at radius 2 is 0.958 bits per heavy atom. The Kier molecular flexibility index (Phi) is 15.8.